The summed E-state index contributed by atoms with van der Waals surface area (Å²) < 4.78 is 20.5. The van der Waals surface area contributed by atoms with Crippen molar-refractivity contribution in [3.8, 4) is 29.5 Å². The Morgan fingerprint density at radius 1 is 1.32 bits per heavy atom. The summed E-state index contributed by atoms with van der Waals surface area (Å²) in [6.07, 6.45) is 5.45. The van der Waals surface area contributed by atoms with E-state index in [1.165, 1.54) is 12.1 Å². The van der Waals surface area contributed by atoms with Gasteiger partial charge in [-0.2, -0.15) is 0 Å². The topological polar surface area (TPSA) is 53.1 Å². The van der Waals surface area contributed by atoms with E-state index in [1.54, 1.807) is 25.3 Å². The molecule has 3 rings (SSSR count). The third-order valence-electron chi connectivity index (χ3n) is 3.45. The number of ether oxygens (including phenoxy) is 1. The zero-order valence-electron chi connectivity index (χ0n) is 12.0. The molecular formula is C17H14FN3O. The molecular weight excluding hydrogens is 281 g/mol. The van der Waals surface area contributed by atoms with E-state index in [-0.39, 0.29) is 5.82 Å². The second kappa shape index (κ2) is 5.41. The number of hydrogen-bond acceptors (Lipinski definition) is 3. The zero-order chi connectivity index (χ0) is 15.7. The number of methoxy groups -OCH3 is 1. The summed E-state index contributed by atoms with van der Waals surface area (Å²) in [6.45, 7) is 0.337. The van der Waals surface area contributed by atoms with Gasteiger partial charge >= 0.3 is 0 Å². The van der Waals surface area contributed by atoms with Gasteiger partial charge in [0.15, 0.2) is 0 Å². The van der Waals surface area contributed by atoms with Gasteiger partial charge in [0.25, 0.3) is 0 Å². The number of hydrogen-bond donors (Lipinski definition) is 1. The molecule has 2 aromatic carbocycles. The number of fused-ring (bicyclic) bond motifs is 1. The largest absolute Gasteiger partial charge is 0.495 e. The highest BCUT2D eigenvalue weighted by Crippen LogP contribution is 2.30. The molecule has 0 aliphatic heterocycles. The number of aromatic nitrogens is 2. The smallest absolute Gasteiger partial charge is 0.142 e. The van der Waals surface area contributed by atoms with Crippen LogP contribution in [0.15, 0.2) is 36.4 Å². The Hall–Kier alpha value is -3.00. The Balaban J connectivity index is 2.25. The maximum atomic E-state index is 13.4. The Morgan fingerprint density at radius 3 is 2.86 bits per heavy atom. The van der Waals surface area contributed by atoms with Crippen molar-refractivity contribution in [2.24, 2.45) is 0 Å². The van der Waals surface area contributed by atoms with Crippen LogP contribution < -0.4 is 10.5 Å². The number of nitrogen functional groups attached to an aromatic ring is 1. The van der Waals surface area contributed by atoms with Gasteiger partial charge in [-0.05, 0) is 30.3 Å². The van der Waals surface area contributed by atoms with E-state index in [0.717, 1.165) is 11.1 Å². The molecule has 0 aliphatic rings. The van der Waals surface area contributed by atoms with Crippen molar-refractivity contribution in [2.45, 2.75) is 6.54 Å². The van der Waals surface area contributed by atoms with Crippen LogP contribution in [0.4, 0.5) is 10.1 Å². The molecule has 0 spiro atoms. The third kappa shape index (κ3) is 2.25. The second-order valence-electron chi connectivity index (χ2n) is 4.82. The first-order valence-electron chi connectivity index (χ1n) is 6.67. The zero-order valence-corrected chi connectivity index (χ0v) is 12.0. The Bertz CT molecular complexity index is 893. The summed E-state index contributed by atoms with van der Waals surface area (Å²) in [5.74, 6) is 3.47. The monoisotopic (exact) mass is 295 g/mol. The number of halogens is 1. The molecule has 22 heavy (non-hydrogen) atoms. The number of terminal acetylenes is 1. The lowest BCUT2D eigenvalue weighted by molar-refractivity contribution is 0.417. The quantitative estimate of drug-likeness (QED) is 0.597. The fraction of sp³-hybridized carbons (Fsp3) is 0.118. The van der Waals surface area contributed by atoms with Gasteiger partial charge in [-0.1, -0.05) is 5.92 Å². The minimum Gasteiger partial charge on any atom is -0.495 e. The fourth-order valence-electron chi connectivity index (χ4n) is 2.42. The molecule has 0 bridgehead atoms. The van der Waals surface area contributed by atoms with Crippen LogP contribution in [0.1, 0.15) is 0 Å². The van der Waals surface area contributed by atoms with E-state index in [2.05, 4.69) is 10.9 Å². The van der Waals surface area contributed by atoms with E-state index >= 15 is 0 Å². The SMILES string of the molecule is C#CCn1c(-c2ccc(N)c(OC)c2)nc2cc(F)ccc21. The average Bonchev–Trinajstić information content (AvgIpc) is 2.86. The Kier molecular flexibility index (Phi) is 3.43. The van der Waals surface area contributed by atoms with Gasteiger partial charge in [0.2, 0.25) is 0 Å². The normalized spacial score (nSPS) is 10.6. The summed E-state index contributed by atoms with van der Waals surface area (Å²) in [5, 5.41) is 0. The van der Waals surface area contributed by atoms with Crippen molar-refractivity contribution in [3.63, 3.8) is 0 Å². The summed E-state index contributed by atoms with van der Waals surface area (Å²) in [4.78, 5) is 4.50. The highest BCUT2D eigenvalue weighted by atomic mass is 19.1. The minimum absolute atomic E-state index is 0.334. The molecule has 0 fully saturated rings. The third-order valence-corrected chi connectivity index (χ3v) is 3.45. The van der Waals surface area contributed by atoms with Gasteiger partial charge in [0, 0.05) is 11.6 Å². The predicted octanol–water partition coefficient (Wildman–Crippen LogP) is 3.07. The molecule has 3 aromatic rings. The van der Waals surface area contributed by atoms with Crippen LogP contribution in [0.3, 0.4) is 0 Å². The van der Waals surface area contributed by atoms with Gasteiger partial charge in [0.1, 0.15) is 17.4 Å². The van der Waals surface area contributed by atoms with Crippen molar-refractivity contribution in [1.82, 2.24) is 9.55 Å². The molecule has 0 unspecified atom stereocenters. The molecule has 0 atom stereocenters. The second-order valence-corrected chi connectivity index (χ2v) is 4.82. The lowest BCUT2D eigenvalue weighted by atomic mass is 10.1. The molecule has 0 radical (unpaired) electrons. The van der Waals surface area contributed by atoms with E-state index in [4.69, 9.17) is 16.9 Å². The minimum atomic E-state index is -0.334. The number of rotatable bonds is 3. The summed E-state index contributed by atoms with van der Waals surface area (Å²) >= 11 is 0. The number of anilines is 1. The Labute approximate surface area is 127 Å². The number of benzene rings is 2. The molecule has 0 saturated carbocycles. The van der Waals surface area contributed by atoms with Gasteiger partial charge in [-0.3, -0.25) is 0 Å². The standard InChI is InChI=1S/C17H14FN3O/c1-3-8-21-15-7-5-12(18)10-14(15)20-17(21)11-4-6-13(19)16(9-11)22-2/h1,4-7,9-10H,8,19H2,2H3. The summed E-state index contributed by atoms with van der Waals surface area (Å²) in [7, 11) is 1.55. The van der Waals surface area contributed by atoms with Crippen LogP contribution in [0.25, 0.3) is 22.4 Å². The number of imidazole rings is 1. The highest BCUT2D eigenvalue weighted by molar-refractivity contribution is 5.81. The first-order valence-corrected chi connectivity index (χ1v) is 6.67. The molecule has 1 aromatic heterocycles. The van der Waals surface area contributed by atoms with Crippen LogP contribution in [-0.2, 0) is 6.54 Å². The van der Waals surface area contributed by atoms with Crippen LogP contribution >= 0.6 is 0 Å². The van der Waals surface area contributed by atoms with E-state index in [9.17, 15) is 4.39 Å². The van der Waals surface area contributed by atoms with Crippen LogP contribution in [0.5, 0.6) is 5.75 Å². The van der Waals surface area contributed by atoms with Gasteiger partial charge in [-0.25, -0.2) is 9.37 Å². The van der Waals surface area contributed by atoms with Gasteiger partial charge in [-0.15, -0.1) is 6.42 Å². The molecule has 0 saturated heterocycles. The maximum Gasteiger partial charge on any atom is 0.142 e. The fourth-order valence-corrected chi connectivity index (χ4v) is 2.42. The van der Waals surface area contributed by atoms with Crippen molar-refractivity contribution >= 4 is 16.7 Å². The summed E-state index contributed by atoms with van der Waals surface area (Å²) in [6, 6.07) is 9.83. The first kappa shape index (κ1) is 14.0. The van der Waals surface area contributed by atoms with Crippen LogP contribution in [0, 0.1) is 18.2 Å². The molecule has 0 aliphatic carbocycles. The first-order chi connectivity index (χ1) is 10.6. The van der Waals surface area contributed by atoms with E-state index < -0.39 is 0 Å². The molecule has 2 N–H and O–H groups in total. The summed E-state index contributed by atoms with van der Waals surface area (Å²) in [5.41, 5.74) is 8.52. The predicted molar refractivity (Wildman–Crippen MR) is 84.9 cm³/mol. The number of nitrogens with zero attached hydrogens (tertiary/aromatic N) is 2. The van der Waals surface area contributed by atoms with Gasteiger partial charge < -0.3 is 15.0 Å². The molecule has 0 amide bonds. The molecule has 1 heterocycles. The molecule has 110 valence electrons. The average molecular weight is 295 g/mol. The highest BCUT2D eigenvalue weighted by Gasteiger charge is 2.14. The van der Waals surface area contributed by atoms with Crippen molar-refractivity contribution in [2.75, 3.05) is 12.8 Å². The van der Waals surface area contributed by atoms with Crippen molar-refractivity contribution < 1.29 is 9.13 Å². The van der Waals surface area contributed by atoms with Crippen molar-refractivity contribution in [1.29, 1.82) is 0 Å². The van der Waals surface area contributed by atoms with Crippen LogP contribution in [0.2, 0.25) is 0 Å². The van der Waals surface area contributed by atoms with E-state index in [1.807, 2.05) is 10.6 Å². The van der Waals surface area contributed by atoms with Crippen LogP contribution in [-0.4, -0.2) is 16.7 Å². The molecule has 5 heteroatoms. The Morgan fingerprint density at radius 2 is 2.14 bits per heavy atom. The molecule has 4 nitrogen and oxygen atoms in total. The lowest BCUT2D eigenvalue weighted by Crippen LogP contribution is -2.00. The number of nitrogens with two attached hydrogens (primary N) is 1. The van der Waals surface area contributed by atoms with E-state index in [0.29, 0.717) is 29.3 Å². The van der Waals surface area contributed by atoms with Gasteiger partial charge in [0.05, 0.1) is 30.4 Å². The maximum absolute atomic E-state index is 13.4. The lowest BCUT2D eigenvalue weighted by Gasteiger charge is -2.09. The van der Waals surface area contributed by atoms with Crippen molar-refractivity contribution in [3.05, 3.63) is 42.2 Å².